The van der Waals surface area contributed by atoms with Gasteiger partial charge in [-0.1, -0.05) is 179 Å². The molecule has 1 aliphatic rings. The Balaban J connectivity index is 0.000000951. The third kappa shape index (κ3) is 14.9. The third-order valence-corrected chi connectivity index (χ3v) is 9.45. The van der Waals surface area contributed by atoms with Gasteiger partial charge in [0.1, 0.15) is 5.76 Å². The highest BCUT2D eigenvalue weighted by atomic mass is 16.5. The number of hydrogen-bond acceptors (Lipinski definition) is 2. The number of aliphatic hydroxyl groups excluding tert-OH is 1. The molecule has 1 N–H and O–H groups in total. The second-order valence-corrected chi connectivity index (χ2v) is 21.4. The lowest BCUT2D eigenvalue weighted by atomic mass is 9.81. The van der Waals surface area contributed by atoms with Gasteiger partial charge in [0.05, 0.1) is 11.0 Å². The summed E-state index contributed by atoms with van der Waals surface area (Å²) in [6.07, 6.45) is 19.0. The van der Waals surface area contributed by atoms with Crippen LogP contribution in [0.25, 0.3) is 23.1 Å². The smallest absolute Gasteiger partial charge is 0.353 e. The fraction of sp³-hybridized carbons (Fsp3) is 0.528. The maximum atomic E-state index is 11.2. The van der Waals surface area contributed by atoms with Crippen molar-refractivity contribution in [2.24, 2.45) is 33.0 Å². The van der Waals surface area contributed by atoms with E-state index in [9.17, 15) is 5.11 Å². The molecule has 0 saturated heterocycles. The van der Waals surface area contributed by atoms with E-state index in [1.54, 1.807) is 0 Å². The molecule has 0 saturated carbocycles. The molecule has 3 nitrogen and oxygen atoms in total. The predicted octanol–water partition coefficient (Wildman–Crippen LogP) is 14.2. The number of aliphatic hydroxyl groups is 1. The number of allylic oxidation sites excluding steroid dienone is 11. The Morgan fingerprint density at radius 3 is 1.71 bits per heavy atom. The number of hydrogen-bond donors (Lipinski definition) is 1. The molecule has 310 valence electrons. The van der Waals surface area contributed by atoms with Crippen LogP contribution in [0.1, 0.15) is 145 Å². The largest absolute Gasteiger partial charge is 0.512 e. The van der Waals surface area contributed by atoms with Crippen LogP contribution in [0.2, 0.25) is 0 Å². The van der Waals surface area contributed by atoms with E-state index < -0.39 is 5.72 Å². The Morgan fingerprint density at radius 1 is 0.750 bits per heavy atom. The van der Waals surface area contributed by atoms with Crippen molar-refractivity contribution in [3.8, 4) is 0 Å². The minimum absolute atomic E-state index is 0.106. The lowest BCUT2D eigenvalue weighted by Gasteiger charge is -2.33. The van der Waals surface area contributed by atoms with Crippen molar-refractivity contribution < 1.29 is 14.4 Å². The molecular formula is C53H82NO2+. The number of rotatable bonds is 7. The van der Waals surface area contributed by atoms with Crippen LogP contribution in [0.15, 0.2) is 114 Å². The standard InChI is InChI=1S/C39H53NO2.C10H18.C4H10/c1-15-16-18-28-20-21-29-19-17-22-40-34(29)31(28)26-39(40,25-30(36(6,7)8)24-32(41)37(9,10)11)42-33(38(12,13)14)23-27(2)35(3,4)5;1-8(2)7-9(3)10(4,5)6;1-4(2)3/h15-26H,2H2,1,3-14H3;7H,1H2,2-6H3;4H,1-3H3/p+1/b16-15-,28-18-,30-25+,32-24-,33-23-;9-7+;/t39-;;/m1../s1. The molecular weight excluding hydrogens is 683 g/mol. The van der Waals surface area contributed by atoms with Gasteiger partial charge in [0.25, 0.3) is 0 Å². The van der Waals surface area contributed by atoms with Crippen LogP contribution in [-0.2, 0) is 10.5 Å². The number of nitrogens with zero attached hydrogens (tertiary/aromatic N) is 1. The van der Waals surface area contributed by atoms with Gasteiger partial charge in [0.15, 0.2) is 6.20 Å². The number of aromatic nitrogens is 1. The first-order valence-electron chi connectivity index (χ1n) is 20.6. The zero-order valence-corrected chi connectivity index (χ0v) is 39.8. The van der Waals surface area contributed by atoms with Crippen LogP contribution in [0.5, 0.6) is 0 Å². The van der Waals surface area contributed by atoms with Crippen molar-refractivity contribution in [2.75, 3.05) is 0 Å². The Labute approximate surface area is 344 Å². The van der Waals surface area contributed by atoms with Crippen molar-refractivity contribution >= 4 is 23.1 Å². The van der Waals surface area contributed by atoms with Crippen LogP contribution in [0.3, 0.4) is 0 Å². The quantitative estimate of drug-likeness (QED) is 0.173. The fourth-order valence-electron chi connectivity index (χ4n) is 5.23. The van der Waals surface area contributed by atoms with E-state index in [2.05, 4.69) is 195 Å². The van der Waals surface area contributed by atoms with Gasteiger partial charge in [-0.05, 0) is 83.6 Å². The zero-order chi connectivity index (χ0) is 43.8. The zero-order valence-electron chi connectivity index (χ0n) is 39.8. The summed E-state index contributed by atoms with van der Waals surface area (Å²) >= 11 is 0. The highest BCUT2D eigenvalue weighted by Gasteiger charge is 2.47. The van der Waals surface area contributed by atoms with E-state index in [4.69, 9.17) is 4.74 Å². The summed E-state index contributed by atoms with van der Waals surface area (Å²) in [5, 5.41) is 14.6. The first-order chi connectivity index (χ1) is 25.2. The van der Waals surface area contributed by atoms with Gasteiger partial charge in [0, 0.05) is 34.4 Å². The Bertz CT molecular complexity index is 1970. The fourth-order valence-corrected chi connectivity index (χ4v) is 5.23. The number of benzene rings is 1. The van der Waals surface area contributed by atoms with Gasteiger partial charge in [0.2, 0.25) is 5.52 Å². The van der Waals surface area contributed by atoms with Crippen molar-refractivity contribution in [2.45, 2.75) is 151 Å². The van der Waals surface area contributed by atoms with Gasteiger partial charge in [-0.15, -0.1) is 4.57 Å². The normalized spacial score (nSPS) is 17.7. The summed E-state index contributed by atoms with van der Waals surface area (Å²) in [6, 6.07) is 8.59. The molecule has 0 radical (unpaired) electrons. The summed E-state index contributed by atoms with van der Waals surface area (Å²) in [4.78, 5) is 0. The molecule has 2 aromatic rings. The second kappa shape index (κ2) is 19.1. The number of pyridine rings is 1. The molecule has 0 amide bonds. The maximum absolute atomic E-state index is 11.2. The lowest BCUT2D eigenvalue weighted by molar-refractivity contribution is -0.750. The molecule has 0 fully saturated rings. The van der Waals surface area contributed by atoms with Crippen LogP contribution >= 0.6 is 0 Å². The molecule has 2 heterocycles. The maximum Gasteiger partial charge on any atom is 0.353 e. The van der Waals surface area contributed by atoms with Crippen molar-refractivity contribution in [1.82, 2.24) is 0 Å². The van der Waals surface area contributed by atoms with E-state index in [-0.39, 0.29) is 21.7 Å². The molecule has 3 heteroatoms. The van der Waals surface area contributed by atoms with Gasteiger partial charge < -0.3 is 9.84 Å². The Morgan fingerprint density at radius 2 is 1.30 bits per heavy atom. The van der Waals surface area contributed by atoms with Gasteiger partial charge in [-0.2, -0.15) is 0 Å². The average molecular weight is 765 g/mol. The second-order valence-electron chi connectivity index (χ2n) is 21.4. The first-order valence-corrected chi connectivity index (χ1v) is 20.6. The SMILES string of the molecule is C=C(/C=C(\O[C@]1(/C=C(\C=C(/O)C(C)(C)C)C(C)(C)C)C=c2/c(=C\C=C/C)ccc3ccc[n+]1c23)C(C)(C)C)C(C)(C)C.C=C(C)/C=C(\C)C(C)(C)C.CC(C)C. The predicted molar refractivity (Wildman–Crippen MR) is 249 cm³/mol. The number of ether oxygens (including phenoxy) is 1. The van der Waals surface area contributed by atoms with E-state index in [1.165, 1.54) is 5.57 Å². The van der Waals surface area contributed by atoms with Gasteiger partial charge in [-0.3, -0.25) is 0 Å². The highest BCUT2D eigenvalue weighted by molar-refractivity contribution is 5.79. The Kier molecular flexibility index (Phi) is 17.1. The minimum atomic E-state index is -0.990. The summed E-state index contributed by atoms with van der Waals surface area (Å²) in [5.41, 5.74) is 3.88. The summed E-state index contributed by atoms with van der Waals surface area (Å²) < 4.78 is 9.59. The van der Waals surface area contributed by atoms with Crippen molar-refractivity contribution in [3.05, 3.63) is 124 Å². The van der Waals surface area contributed by atoms with Crippen LogP contribution in [0, 0.1) is 33.0 Å². The molecule has 1 aromatic carbocycles. The first kappa shape index (κ1) is 50.2. The topological polar surface area (TPSA) is 33.3 Å². The van der Waals surface area contributed by atoms with E-state index in [0.29, 0.717) is 11.2 Å². The average Bonchev–Trinajstić information content (AvgIpc) is 3.32. The van der Waals surface area contributed by atoms with E-state index in [0.717, 1.165) is 49.7 Å². The van der Waals surface area contributed by atoms with Crippen LogP contribution in [-0.4, -0.2) is 5.11 Å². The lowest BCUT2D eigenvalue weighted by Crippen LogP contribution is -2.54. The Hall–Kier alpha value is -3.85. The summed E-state index contributed by atoms with van der Waals surface area (Å²) in [6.45, 7) is 53.3. The molecule has 3 rings (SSSR count). The summed E-state index contributed by atoms with van der Waals surface area (Å²) in [5.74, 6) is 2.02. The minimum Gasteiger partial charge on any atom is -0.512 e. The van der Waals surface area contributed by atoms with Crippen LogP contribution < -0.4 is 15.0 Å². The van der Waals surface area contributed by atoms with Crippen molar-refractivity contribution in [3.63, 3.8) is 0 Å². The molecule has 0 aliphatic carbocycles. The van der Waals surface area contributed by atoms with Gasteiger partial charge in [-0.25, -0.2) is 0 Å². The summed E-state index contributed by atoms with van der Waals surface area (Å²) in [7, 11) is 0. The molecule has 0 unspecified atom stereocenters. The van der Waals surface area contributed by atoms with E-state index in [1.807, 2.05) is 46.8 Å². The monoisotopic (exact) mass is 765 g/mol. The molecule has 1 aliphatic heterocycles. The van der Waals surface area contributed by atoms with E-state index >= 15 is 0 Å². The molecule has 1 atom stereocenters. The third-order valence-electron chi connectivity index (χ3n) is 9.45. The van der Waals surface area contributed by atoms with Crippen LogP contribution in [0.4, 0.5) is 0 Å². The molecule has 0 spiro atoms. The van der Waals surface area contributed by atoms with Crippen molar-refractivity contribution in [1.29, 1.82) is 0 Å². The highest BCUT2D eigenvalue weighted by Crippen LogP contribution is 2.40. The molecule has 0 bridgehead atoms. The molecule has 56 heavy (non-hydrogen) atoms. The van der Waals surface area contributed by atoms with Gasteiger partial charge >= 0.3 is 5.72 Å². The molecule has 1 aromatic heterocycles.